The first-order valence-electron chi connectivity index (χ1n) is 11.0. The lowest BCUT2D eigenvalue weighted by molar-refractivity contribution is -0.146. The summed E-state index contributed by atoms with van der Waals surface area (Å²) in [5, 5.41) is 7.50. The summed E-state index contributed by atoms with van der Waals surface area (Å²) in [6.45, 7) is 8.81. The monoisotopic (exact) mass is 501 g/mol. The fourth-order valence-electron chi connectivity index (χ4n) is 3.56. The molecule has 1 saturated heterocycles. The minimum absolute atomic E-state index is 0.0509. The predicted octanol–water partition coefficient (Wildman–Crippen LogP) is 6.53. The number of hydrogen-bond acceptors (Lipinski definition) is 5. The Morgan fingerprint density at radius 3 is 2.32 bits per heavy atom. The van der Waals surface area contributed by atoms with Crippen LogP contribution < -0.4 is 9.64 Å². The number of nitrogens with zero attached hydrogens (tertiary/aromatic N) is 5. The highest BCUT2D eigenvalue weighted by Crippen LogP contribution is 2.37. The first kappa shape index (κ1) is 27.4. The Balaban J connectivity index is 0.000000970. The molecule has 0 spiro atoms. The van der Waals surface area contributed by atoms with Crippen molar-refractivity contribution in [1.29, 1.82) is 0 Å². The minimum Gasteiger partial charge on any atom is -0.481 e. The summed E-state index contributed by atoms with van der Waals surface area (Å²) in [5.74, 6) is -1.34. The molecule has 1 aromatic carbocycles. The molecule has 34 heavy (non-hydrogen) atoms. The lowest BCUT2D eigenvalue weighted by Crippen LogP contribution is -2.24. The smallest absolute Gasteiger partial charge is 0.452 e. The topological polar surface area (TPSA) is 56.1 Å². The minimum atomic E-state index is -4.70. The summed E-state index contributed by atoms with van der Waals surface area (Å²) in [4.78, 5) is 5.69. The van der Waals surface area contributed by atoms with Gasteiger partial charge in [0.2, 0.25) is 17.7 Å². The zero-order valence-corrected chi connectivity index (χ0v) is 20.5. The van der Waals surface area contributed by atoms with Gasteiger partial charge in [0, 0.05) is 30.1 Å². The standard InChI is InChI=1S/C19H16ClF4N5O.2C2H6/c1-30-16-5-3-13(9-25-16)29-17(19(22,23)24)26-27-18(29)28-7-6-11(10-28)14-4-2-12(21)8-15(14)20;2*1-2/h2-5,8-9,11H,6-7,10H2,1H3;2*1-2H3. The highest BCUT2D eigenvalue weighted by atomic mass is 35.5. The summed E-state index contributed by atoms with van der Waals surface area (Å²) >= 11 is 6.16. The average molecular weight is 502 g/mol. The number of aromatic nitrogens is 4. The van der Waals surface area contributed by atoms with Crippen LogP contribution in [0, 0.1) is 5.82 Å². The molecular weight excluding hydrogens is 474 g/mol. The second-order valence-corrected chi connectivity index (χ2v) is 7.22. The molecule has 0 N–H and O–H groups in total. The highest BCUT2D eigenvalue weighted by Gasteiger charge is 2.41. The Labute approximate surface area is 201 Å². The third-order valence-electron chi connectivity index (χ3n) is 4.96. The third-order valence-corrected chi connectivity index (χ3v) is 5.29. The van der Waals surface area contributed by atoms with Crippen molar-refractivity contribution >= 4 is 17.5 Å². The number of ether oxygens (including phenoxy) is 1. The van der Waals surface area contributed by atoms with Crippen molar-refractivity contribution in [2.24, 2.45) is 0 Å². The van der Waals surface area contributed by atoms with E-state index in [0.29, 0.717) is 24.5 Å². The summed E-state index contributed by atoms with van der Waals surface area (Å²) in [5.41, 5.74) is 0.903. The molecule has 4 rings (SSSR count). The molecule has 0 bridgehead atoms. The molecule has 1 fully saturated rings. The molecule has 11 heteroatoms. The summed E-state index contributed by atoms with van der Waals surface area (Å²) < 4.78 is 60.0. The second kappa shape index (κ2) is 12.0. The van der Waals surface area contributed by atoms with Crippen molar-refractivity contribution in [2.45, 2.75) is 46.2 Å². The van der Waals surface area contributed by atoms with Gasteiger partial charge in [-0.2, -0.15) is 13.2 Å². The van der Waals surface area contributed by atoms with Gasteiger partial charge in [-0.1, -0.05) is 45.4 Å². The van der Waals surface area contributed by atoms with E-state index in [1.807, 2.05) is 27.7 Å². The van der Waals surface area contributed by atoms with Crippen molar-refractivity contribution in [3.05, 3.63) is 58.8 Å². The number of alkyl halides is 3. The van der Waals surface area contributed by atoms with Crippen LogP contribution in [0.4, 0.5) is 23.5 Å². The van der Waals surface area contributed by atoms with Gasteiger partial charge in [-0.25, -0.2) is 9.37 Å². The molecule has 3 heterocycles. The van der Waals surface area contributed by atoms with E-state index in [9.17, 15) is 17.6 Å². The van der Waals surface area contributed by atoms with Crippen molar-refractivity contribution in [3.8, 4) is 11.6 Å². The molecule has 0 amide bonds. The summed E-state index contributed by atoms with van der Waals surface area (Å²) in [7, 11) is 1.41. The van der Waals surface area contributed by atoms with Crippen molar-refractivity contribution in [2.75, 3.05) is 25.1 Å². The van der Waals surface area contributed by atoms with Gasteiger partial charge in [-0.05, 0) is 30.2 Å². The Hall–Kier alpha value is -2.88. The molecular formula is C23H28ClF4N5O. The number of pyridine rings is 1. The van der Waals surface area contributed by atoms with E-state index in [1.165, 1.54) is 37.6 Å². The van der Waals surface area contributed by atoms with E-state index in [-0.39, 0.29) is 23.4 Å². The van der Waals surface area contributed by atoms with Crippen LogP contribution in [0.2, 0.25) is 5.02 Å². The summed E-state index contributed by atoms with van der Waals surface area (Å²) in [6, 6.07) is 7.07. The fourth-order valence-corrected chi connectivity index (χ4v) is 3.88. The first-order valence-corrected chi connectivity index (χ1v) is 11.4. The highest BCUT2D eigenvalue weighted by molar-refractivity contribution is 6.31. The first-order chi connectivity index (χ1) is 16.3. The van der Waals surface area contributed by atoms with Crippen molar-refractivity contribution in [1.82, 2.24) is 19.7 Å². The van der Waals surface area contributed by atoms with Crippen LogP contribution in [0.1, 0.15) is 51.4 Å². The van der Waals surface area contributed by atoms with Gasteiger partial charge in [0.05, 0.1) is 19.0 Å². The van der Waals surface area contributed by atoms with Crippen LogP contribution >= 0.6 is 11.6 Å². The zero-order chi connectivity index (χ0) is 25.5. The molecule has 6 nitrogen and oxygen atoms in total. The van der Waals surface area contributed by atoms with E-state index in [4.69, 9.17) is 16.3 Å². The molecule has 1 unspecified atom stereocenters. The van der Waals surface area contributed by atoms with Gasteiger partial charge in [0.25, 0.3) is 0 Å². The Morgan fingerprint density at radius 1 is 1.06 bits per heavy atom. The molecule has 0 radical (unpaired) electrons. The lowest BCUT2D eigenvalue weighted by Gasteiger charge is -2.20. The summed E-state index contributed by atoms with van der Waals surface area (Å²) in [6.07, 6.45) is -2.81. The van der Waals surface area contributed by atoms with Gasteiger partial charge in [0.1, 0.15) is 5.82 Å². The van der Waals surface area contributed by atoms with Gasteiger partial charge in [0.15, 0.2) is 0 Å². The second-order valence-electron chi connectivity index (χ2n) is 6.81. The number of benzene rings is 1. The molecule has 186 valence electrons. The van der Waals surface area contributed by atoms with Crippen LogP contribution in [0.15, 0.2) is 36.5 Å². The van der Waals surface area contributed by atoms with Crippen LogP contribution in [-0.2, 0) is 6.18 Å². The lowest BCUT2D eigenvalue weighted by atomic mass is 9.98. The Bertz CT molecular complexity index is 1060. The number of methoxy groups -OCH3 is 1. The van der Waals surface area contributed by atoms with Crippen LogP contribution in [-0.4, -0.2) is 39.9 Å². The SMILES string of the molecule is CC.CC.COc1ccc(-n2c(N3CCC(c4ccc(F)cc4Cl)C3)nnc2C(F)(F)F)cn1. The molecule has 1 aliphatic heterocycles. The molecule has 0 saturated carbocycles. The number of hydrogen-bond donors (Lipinski definition) is 0. The van der Waals surface area contributed by atoms with Gasteiger partial charge < -0.3 is 9.64 Å². The number of halogens is 5. The largest absolute Gasteiger partial charge is 0.481 e. The molecule has 3 aromatic rings. The van der Waals surface area contributed by atoms with Crippen LogP contribution in [0.3, 0.4) is 0 Å². The molecule has 0 aliphatic carbocycles. The van der Waals surface area contributed by atoms with Gasteiger partial charge in [-0.15, -0.1) is 10.2 Å². The van der Waals surface area contributed by atoms with Crippen molar-refractivity contribution in [3.63, 3.8) is 0 Å². The molecule has 1 atom stereocenters. The van der Waals surface area contributed by atoms with Crippen LogP contribution in [0.5, 0.6) is 5.88 Å². The quantitative estimate of drug-likeness (QED) is 0.380. The van der Waals surface area contributed by atoms with E-state index in [1.54, 1.807) is 11.0 Å². The van der Waals surface area contributed by atoms with E-state index in [0.717, 1.165) is 10.1 Å². The Morgan fingerprint density at radius 2 is 1.76 bits per heavy atom. The molecule has 1 aliphatic rings. The normalized spacial score (nSPS) is 15.2. The number of anilines is 1. The maximum absolute atomic E-state index is 13.6. The predicted molar refractivity (Wildman–Crippen MR) is 124 cm³/mol. The van der Waals surface area contributed by atoms with Crippen LogP contribution in [0.25, 0.3) is 5.69 Å². The fraction of sp³-hybridized carbons (Fsp3) is 0.435. The van der Waals surface area contributed by atoms with Crippen molar-refractivity contribution < 1.29 is 22.3 Å². The Kier molecular flexibility index (Phi) is 9.66. The van der Waals surface area contributed by atoms with E-state index >= 15 is 0 Å². The van der Waals surface area contributed by atoms with E-state index in [2.05, 4.69) is 15.2 Å². The number of rotatable bonds is 4. The third kappa shape index (κ3) is 5.97. The van der Waals surface area contributed by atoms with Gasteiger partial charge >= 0.3 is 6.18 Å². The average Bonchev–Trinajstić information content (AvgIpc) is 3.49. The maximum atomic E-state index is 13.6. The van der Waals surface area contributed by atoms with E-state index < -0.39 is 17.8 Å². The molecule has 2 aromatic heterocycles. The zero-order valence-electron chi connectivity index (χ0n) is 19.7. The van der Waals surface area contributed by atoms with Gasteiger partial charge in [-0.3, -0.25) is 4.57 Å². The maximum Gasteiger partial charge on any atom is 0.452 e.